The molecular formula is C19H25N3O3. The Labute approximate surface area is 148 Å². The number of aromatic amines is 1. The average molecular weight is 343 g/mol. The second-order valence-electron chi connectivity index (χ2n) is 6.37. The highest BCUT2D eigenvalue weighted by atomic mass is 16.5. The maximum absolute atomic E-state index is 12.9. The zero-order valence-corrected chi connectivity index (χ0v) is 14.8. The number of ether oxygens (including phenoxy) is 2. The molecule has 1 amide bonds. The second kappa shape index (κ2) is 8.16. The number of benzene rings is 1. The fourth-order valence-corrected chi connectivity index (χ4v) is 3.16. The molecule has 1 N–H and O–H groups in total. The van der Waals surface area contributed by atoms with E-state index in [0.717, 1.165) is 56.2 Å². The van der Waals surface area contributed by atoms with Crippen molar-refractivity contribution in [2.24, 2.45) is 5.92 Å². The number of carbonyl (C=O) groups excluding carboxylic acids is 1. The molecule has 1 saturated heterocycles. The lowest BCUT2D eigenvalue weighted by molar-refractivity contribution is 0.0755. The van der Waals surface area contributed by atoms with Gasteiger partial charge in [0.05, 0.1) is 31.2 Å². The molecule has 1 aromatic heterocycles. The minimum atomic E-state index is 0.0181. The van der Waals surface area contributed by atoms with E-state index in [1.54, 1.807) is 13.3 Å². The molecule has 0 bridgehead atoms. The van der Waals surface area contributed by atoms with Crippen LogP contribution in [0.3, 0.4) is 0 Å². The van der Waals surface area contributed by atoms with Gasteiger partial charge in [0.25, 0.3) is 5.91 Å². The topological polar surface area (TPSA) is 67.5 Å². The third kappa shape index (κ3) is 4.02. The van der Waals surface area contributed by atoms with E-state index in [9.17, 15) is 4.79 Å². The van der Waals surface area contributed by atoms with E-state index in [-0.39, 0.29) is 5.91 Å². The first-order valence-corrected chi connectivity index (χ1v) is 8.77. The molecule has 1 aliphatic rings. The standard InChI is InChI=1S/C19H25N3O3/c1-3-9-25-13-14-7-8-22(12-14)19(23)17-11-20-21-18(17)15-5-4-6-16(10-15)24-2/h4-6,10-11,14H,3,7-9,12-13H2,1-2H3,(H,20,21). The van der Waals surface area contributed by atoms with Crippen LogP contribution in [0.5, 0.6) is 5.75 Å². The van der Waals surface area contributed by atoms with E-state index in [0.29, 0.717) is 11.5 Å². The number of aromatic nitrogens is 2. The van der Waals surface area contributed by atoms with Gasteiger partial charge < -0.3 is 14.4 Å². The number of amides is 1. The van der Waals surface area contributed by atoms with Crippen LogP contribution in [0, 0.1) is 5.92 Å². The molecule has 1 fully saturated rings. The highest BCUT2D eigenvalue weighted by molar-refractivity contribution is 6.00. The molecule has 0 radical (unpaired) electrons. The van der Waals surface area contributed by atoms with Gasteiger partial charge in [-0.25, -0.2) is 0 Å². The van der Waals surface area contributed by atoms with Crippen LogP contribution in [0.15, 0.2) is 30.5 Å². The van der Waals surface area contributed by atoms with Gasteiger partial charge in [-0.3, -0.25) is 9.89 Å². The third-order valence-corrected chi connectivity index (χ3v) is 4.50. The fourth-order valence-electron chi connectivity index (χ4n) is 3.16. The van der Waals surface area contributed by atoms with Crippen molar-refractivity contribution in [3.8, 4) is 17.0 Å². The number of likely N-dealkylation sites (tertiary alicyclic amines) is 1. The van der Waals surface area contributed by atoms with Crippen LogP contribution >= 0.6 is 0 Å². The molecule has 2 heterocycles. The van der Waals surface area contributed by atoms with Crippen molar-refractivity contribution in [1.82, 2.24) is 15.1 Å². The smallest absolute Gasteiger partial charge is 0.257 e. The molecule has 2 aromatic rings. The van der Waals surface area contributed by atoms with E-state index in [1.165, 1.54) is 0 Å². The number of H-pyrrole nitrogens is 1. The Morgan fingerprint density at radius 1 is 1.44 bits per heavy atom. The number of carbonyl (C=O) groups is 1. The van der Waals surface area contributed by atoms with Crippen LogP contribution < -0.4 is 4.74 Å². The van der Waals surface area contributed by atoms with Gasteiger partial charge in [0.2, 0.25) is 0 Å². The first kappa shape index (κ1) is 17.5. The van der Waals surface area contributed by atoms with E-state index in [1.807, 2.05) is 29.2 Å². The number of nitrogens with one attached hydrogen (secondary N) is 1. The Morgan fingerprint density at radius 2 is 2.32 bits per heavy atom. The van der Waals surface area contributed by atoms with Gasteiger partial charge in [-0.15, -0.1) is 0 Å². The van der Waals surface area contributed by atoms with Crippen molar-refractivity contribution >= 4 is 5.91 Å². The summed E-state index contributed by atoms with van der Waals surface area (Å²) in [6.45, 7) is 5.12. The highest BCUT2D eigenvalue weighted by Crippen LogP contribution is 2.27. The van der Waals surface area contributed by atoms with E-state index in [4.69, 9.17) is 9.47 Å². The van der Waals surface area contributed by atoms with E-state index in [2.05, 4.69) is 17.1 Å². The Hall–Kier alpha value is -2.34. The lowest BCUT2D eigenvalue weighted by Gasteiger charge is -2.17. The van der Waals surface area contributed by atoms with Crippen LogP contribution in [0.1, 0.15) is 30.1 Å². The van der Waals surface area contributed by atoms with Gasteiger partial charge in [-0.05, 0) is 25.0 Å². The Balaban J connectivity index is 1.71. The molecule has 134 valence electrons. The minimum Gasteiger partial charge on any atom is -0.497 e. The number of methoxy groups -OCH3 is 1. The predicted octanol–water partition coefficient (Wildman–Crippen LogP) is 2.97. The van der Waals surface area contributed by atoms with Gasteiger partial charge >= 0.3 is 0 Å². The van der Waals surface area contributed by atoms with Crippen molar-refractivity contribution in [3.05, 3.63) is 36.0 Å². The van der Waals surface area contributed by atoms with Crippen LogP contribution in [0.25, 0.3) is 11.3 Å². The molecule has 25 heavy (non-hydrogen) atoms. The quantitative estimate of drug-likeness (QED) is 0.785. The van der Waals surface area contributed by atoms with Gasteiger partial charge in [0, 0.05) is 31.2 Å². The van der Waals surface area contributed by atoms with Crippen molar-refractivity contribution < 1.29 is 14.3 Å². The Bertz CT molecular complexity index is 713. The summed E-state index contributed by atoms with van der Waals surface area (Å²) in [6, 6.07) is 7.62. The van der Waals surface area contributed by atoms with Crippen molar-refractivity contribution in [2.45, 2.75) is 19.8 Å². The van der Waals surface area contributed by atoms with Gasteiger partial charge in [0.1, 0.15) is 5.75 Å². The van der Waals surface area contributed by atoms with Crippen LogP contribution in [0.2, 0.25) is 0 Å². The highest BCUT2D eigenvalue weighted by Gasteiger charge is 2.29. The third-order valence-electron chi connectivity index (χ3n) is 4.50. The average Bonchev–Trinajstić information content (AvgIpc) is 3.31. The van der Waals surface area contributed by atoms with Crippen molar-refractivity contribution in [1.29, 1.82) is 0 Å². The largest absolute Gasteiger partial charge is 0.497 e. The maximum Gasteiger partial charge on any atom is 0.257 e. The van der Waals surface area contributed by atoms with Crippen LogP contribution in [-0.2, 0) is 4.74 Å². The lowest BCUT2D eigenvalue weighted by Crippen LogP contribution is -2.29. The minimum absolute atomic E-state index is 0.0181. The van der Waals surface area contributed by atoms with Crippen molar-refractivity contribution in [3.63, 3.8) is 0 Å². The van der Waals surface area contributed by atoms with Crippen LogP contribution in [0.4, 0.5) is 0 Å². The van der Waals surface area contributed by atoms with Crippen molar-refractivity contribution in [2.75, 3.05) is 33.4 Å². The van der Waals surface area contributed by atoms with Gasteiger partial charge in [-0.2, -0.15) is 5.10 Å². The number of hydrogen-bond donors (Lipinski definition) is 1. The molecule has 1 atom stereocenters. The molecule has 0 spiro atoms. The summed E-state index contributed by atoms with van der Waals surface area (Å²) in [5.41, 5.74) is 2.22. The SMILES string of the molecule is CCCOCC1CCN(C(=O)c2cn[nH]c2-c2cccc(OC)c2)C1. The first-order valence-electron chi connectivity index (χ1n) is 8.77. The van der Waals surface area contributed by atoms with Crippen LogP contribution in [-0.4, -0.2) is 54.4 Å². The molecule has 1 unspecified atom stereocenters. The molecule has 0 aliphatic carbocycles. The summed E-state index contributed by atoms with van der Waals surface area (Å²) in [6.07, 6.45) is 3.62. The number of hydrogen-bond acceptors (Lipinski definition) is 4. The molecule has 6 heteroatoms. The monoisotopic (exact) mass is 343 g/mol. The summed E-state index contributed by atoms with van der Waals surface area (Å²) in [5, 5.41) is 7.04. The first-order chi connectivity index (χ1) is 12.2. The molecule has 3 rings (SSSR count). The Morgan fingerprint density at radius 3 is 3.12 bits per heavy atom. The number of rotatable bonds is 7. The zero-order valence-electron chi connectivity index (χ0n) is 14.8. The predicted molar refractivity (Wildman–Crippen MR) is 95.7 cm³/mol. The summed E-state index contributed by atoms with van der Waals surface area (Å²) in [5.74, 6) is 1.19. The fraction of sp³-hybridized carbons (Fsp3) is 0.474. The molecule has 0 saturated carbocycles. The molecule has 1 aliphatic heterocycles. The second-order valence-corrected chi connectivity index (χ2v) is 6.37. The summed E-state index contributed by atoms with van der Waals surface area (Å²) >= 11 is 0. The summed E-state index contributed by atoms with van der Waals surface area (Å²) in [4.78, 5) is 14.8. The van der Waals surface area contributed by atoms with Gasteiger partial charge in [0.15, 0.2) is 0 Å². The molecule has 6 nitrogen and oxygen atoms in total. The maximum atomic E-state index is 12.9. The number of nitrogens with zero attached hydrogens (tertiary/aromatic N) is 2. The molecular weight excluding hydrogens is 318 g/mol. The Kier molecular flexibility index (Phi) is 5.71. The summed E-state index contributed by atoms with van der Waals surface area (Å²) < 4.78 is 10.9. The zero-order chi connectivity index (χ0) is 17.6. The lowest BCUT2D eigenvalue weighted by atomic mass is 10.1. The summed E-state index contributed by atoms with van der Waals surface area (Å²) in [7, 11) is 1.63. The normalized spacial score (nSPS) is 17.0. The van der Waals surface area contributed by atoms with Gasteiger partial charge in [-0.1, -0.05) is 19.1 Å². The van der Waals surface area contributed by atoms with E-state index < -0.39 is 0 Å². The van der Waals surface area contributed by atoms with E-state index >= 15 is 0 Å². The molecule has 1 aromatic carbocycles.